The quantitative estimate of drug-likeness (QED) is 0.184. The van der Waals surface area contributed by atoms with Crippen LogP contribution >= 0.6 is 0 Å². The fourth-order valence-corrected chi connectivity index (χ4v) is 2.27. The van der Waals surface area contributed by atoms with Crippen LogP contribution in [0.2, 0.25) is 0 Å². The van der Waals surface area contributed by atoms with Crippen molar-refractivity contribution in [3.05, 3.63) is 35.9 Å². The fourth-order valence-electron chi connectivity index (χ4n) is 2.27. The van der Waals surface area contributed by atoms with Crippen molar-refractivity contribution in [2.75, 3.05) is 39.6 Å². The summed E-state index contributed by atoms with van der Waals surface area (Å²) in [5.74, 6) is -1.77. The third-order valence-corrected chi connectivity index (χ3v) is 3.78. The van der Waals surface area contributed by atoms with E-state index in [4.69, 9.17) is 18.9 Å². The van der Waals surface area contributed by atoms with Gasteiger partial charge in [-0.3, -0.25) is 9.59 Å². The van der Waals surface area contributed by atoms with Gasteiger partial charge in [-0.1, -0.05) is 56.5 Å². The topological polar surface area (TPSA) is 88.1 Å². The van der Waals surface area contributed by atoms with Gasteiger partial charge in [0.15, 0.2) is 0 Å². The first-order chi connectivity index (χ1) is 13.6. The number of hydrogen-bond acceptors (Lipinski definition) is 7. The smallest absolute Gasteiger partial charge is 0.379 e. The molecule has 0 fully saturated rings. The molecular weight excluding hydrogens is 364 g/mol. The minimum atomic E-state index is -0.900. The Labute approximate surface area is 166 Å². The predicted octanol–water partition coefficient (Wildman–Crippen LogP) is 2.96. The minimum absolute atomic E-state index is 0.00689. The maximum absolute atomic E-state index is 11.8. The summed E-state index contributed by atoms with van der Waals surface area (Å²) in [6.45, 7) is 3.48. The molecule has 0 heterocycles. The molecule has 1 aromatic carbocycles. The van der Waals surface area contributed by atoms with Crippen molar-refractivity contribution >= 4 is 17.7 Å². The molecule has 7 nitrogen and oxygen atoms in total. The van der Waals surface area contributed by atoms with Crippen LogP contribution in [0.3, 0.4) is 0 Å². The van der Waals surface area contributed by atoms with Crippen LogP contribution in [-0.4, -0.2) is 57.4 Å². The number of hydrogen-bond donors (Lipinski definition) is 0. The van der Waals surface area contributed by atoms with E-state index in [-0.39, 0.29) is 25.8 Å². The molecule has 0 aliphatic rings. The molecule has 28 heavy (non-hydrogen) atoms. The molecule has 0 bridgehead atoms. The Balaban J connectivity index is 1.91. The molecule has 0 aliphatic carbocycles. The Hall–Kier alpha value is -2.25. The average Bonchev–Trinajstić information content (AvgIpc) is 2.72. The van der Waals surface area contributed by atoms with Crippen LogP contribution in [0.1, 0.15) is 49.4 Å². The molecular formula is C21H30O7. The van der Waals surface area contributed by atoms with Crippen LogP contribution in [0, 0.1) is 0 Å². The van der Waals surface area contributed by atoms with Crippen molar-refractivity contribution in [2.24, 2.45) is 0 Å². The van der Waals surface area contributed by atoms with E-state index in [9.17, 15) is 14.4 Å². The van der Waals surface area contributed by atoms with Gasteiger partial charge in [0.25, 0.3) is 5.78 Å². The molecule has 0 atom stereocenters. The lowest BCUT2D eigenvalue weighted by molar-refractivity contribution is -0.145. The first kappa shape index (κ1) is 23.8. The van der Waals surface area contributed by atoms with E-state index in [0.29, 0.717) is 31.8 Å². The number of esters is 2. The molecule has 0 amide bonds. The van der Waals surface area contributed by atoms with Gasteiger partial charge in [-0.25, -0.2) is 4.79 Å². The summed E-state index contributed by atoms with van der Waals surface area (Å²) in [6.07, 6.45) is 4.64. The van der Waals surface area contributed by atoms with Crippen molar-refractivity contribution < 1.29 is 33.3 Å². The highest BCUT2D eigenvalue weighted by molar-refractivity contribution is 6.40. The number of ether oxygens (including phenoxy) is 4. The van der Waals surface area contributed by atoms with Crippen molar-refractivity contribution in [3.8, 4) is 0 Å². The zero-order chi connectivity index (χ0) is 20.5. The number of unbranched alkanes of at least 4 members (excludes halogenated alkanes) is 3. The number of ketones is 1. The normalized spacial score (nSPS) is 10.5. The number of benzene rings is 1. The van der Waals surface area contributed by atoms with Crippen LogP contribution in [0.4, 0.5) is 0 Å². The van der Waals surface area contributed by atoms with E-state index in [1.54, 1.807) is 30.3 Å². The van der Waals surface area contributed by atoms with E-state index >= 15 is 0 Å². The van der Waals surface area contributed by atoms with Gasteiger partial charge in [0.05, 0.1) is 26.4 Å². The monoisotopic (exact) mass is 394 g/mol. The number of Topliss-reactive ketones (excluding diaryl/α,β-unsaturated/α-hetero) is 1. The predicted molar refractivity (Wildman–Crippen MR) is 103 cm³/mol. The average molecular weight is 394 g/mol. The molecule has 0 aromatic heterocycles. The van der Waals surface area contributed by atoms with E-state index < -0.39 is 11.8 Å². The molecule has 0 aliphatic heterocycles. The first-order valence-corrected chi connectivity index (χ1v) is 9.72. The second-order valence-electron chi connectivity index (χ2n) is 6.09. The van der Waals surface area contributed by atoms with Crippen LogP contribution in [0.5, 0.6) is 0 Å². The van der Waals surface area contributed by atoms with Gasteiger partial charge in [0, 0.05) is 12.0 Å². The summed E-state index contributed by atoms with van der Waals surface area (Å²) in [4.78, 5) is 34.8. The zero-order valence-electron chi connectivity index (χ0n) is 16.5. The summed E-state index contributed by atoms with van der Waals surface area (Å²) >= 11 is 0. The van der Waals surface area contributed by atoms with Crippen LogP contribution in [-0.2, 0) is 28.5 Å². The summed E-state index contributed by atoms with van der Waals surface area (Å²) < 4.78 is 20.5. The van der Waals surface area contributed by atoms with Gasteiger partial charge in [-0.05, 0) is 6.42 Å². The Morgan fingerprint density at radius 2 is 1.36 bits per heavy atom. The Kier molecular flexibility index (Phi) is 13.4. The van der Waals surface area contributed by atoms with Crippen LogP contribution in [0.15, 0.2) is 30.3 Å². The Morgan fingerprint density at radius 1 is 0.750 bits per heavy atom. The highest BCUT2D eigenvalue weighted by Crippen LogP contribution is 2.03. The second-order valence-corrected chi connectivity index (χ2v) is 6.09. The van der Waals surface area contributed by atoms with Crippen LogP contribution < -0.4 is 0 Å². The lowest BCUT2D eigenvalue weighted by atomic mass is 10.1. The standard InChI is InChI=1S/C21H30O7/c1-2-3-4-8-11-19(22)27-16-14-25-12-13-26-15-17-28-21(24)20(23)18-9-6-5-7-10-18/h5-7,9-10H,2-4,8,11-17H2,1H3. The molecule has 0 radical (unpaired) electrons. The van der Waals surface area contributed by atoms with Crippen molar-refractivity contribution in [1.82, 2.24) is 0 Å². The number of carbonyl (C=O) groups is 3. The largest absolute Gasteiger partial charge is 0.463 e. The number of rotatable bonds is 16. The highest BCUT2D eigenvalue weighted by Gasteiger charge is 2.16. The van der Waals surface area contributed by atoms with E-state index in [2.05, 4.69) is 6.92 Å². The second kappa shape index (κ2) is 15.8. The van der Waals surface area contributed by atoms with Gasteiger partial charge >= 0.3 is 11.9 Å². The van der Waals surface area contributed by atoms with Crippen molar-refractivity contribution in [1.29, 1.82) is 0 Å². The van der Waals surface area contributed by atoms with Gasteiger partial charge in [-0.2, -0.15) is 0 Å². The molecule has 1 rings (SSSR count). The lowest BCUT2D eigenvalue weighted by Crippen LogP contribution is -2.20. The molecule has 1 aromatic rings. The van der Waals surface area contributed by atoms with Crippen LogP contribution in [0.25, 0.3) is 0 Å². The lowest BCUT2D eigenvalue weighted by Gasteiger charge is -2.07. The van der Waals surface area contributed by atoms with Crippen molar-refractivity contribution in [3.63, 3.8) is 0 Å². The van der Waals surface area contributed by atoms with Gasteiger partial charge in [-0.15, -0.1) is 0 Å². The van der Waals surface area contributed by atoms with Crippen molar-refractivity contribution in [2.45, 2.75) is 39.0 Å². The van der Waals surface area contributed by atoms with E-state index in [1.807, 2.05) is 0 Å². The van der Waals surface area contributed by atoms with Gasteiger partial charge < -0.3 is 18.9 Å². The molecule has 0 spiro atoms. The molecule has 0 saturated carbocycles. The Morgan fingerprint density at radius 3 is 2.00 bits per heavy atom. The fraction of sp³-hybridized carbons (Fsp3) is 0.571. The van der Waals surface area contributed by atoms with Gasteiger partial charge in [0.1, 0.15) is 13.2 Å². The maximum Gasteiger partial charge on any atom is 0.379 e. The summed E-state index contributed by atoms with van der Waals surface area (Å²) in [5.41, 5.74) is 0.295. The van der Waals surface area contributed by atoms with E-state index in [0.717, 1.165) is 25.7 Å². The van der Waals surface area contributed by atoms with Gasteiger partial charge in [0.2, 0.25) is 0 Å². The number of carbonyl (C=O) groups excluding carboxylic acids is 3. The third kappa shape index (κ3) is 11.5. The summed E-state index contributed by atoms with van der Waals surface area (Å²) in [7, 11) is 0. The Bertz CT molecular complexity index is 571. The zero-order valence-corrected chi connectivity index (χ0v) is 16.5. The molecule has 0 unspecified atom stereocenters. The first-order valence-electron chi connectivity index (χ1n) is 9.72. The summed E-state index contributed by atoms with van der Waals surface area (Å²) in [6, 6.07) is 8.23. The molecule has 0 N–H and O–H groups in total. The minimum Gasteiger partial charge on any atom is -0.463 e. The third-order valence-electron chi connectivity index (χ3n) is 3.78. The SMILES string of the molecule is CCCCCCC(=O)OCCOCCOCCOC(=O)C(=O)c1ccccc1. The maximum atomic E-state index is 11.8. The molecule has 7 heteroatoms. The highest BCUT2D eigenvalue weighted by atomic mass is 16.6. The summed E-state index contributed by atoms with van der Waals surface area (Å²) in [5, 5.41) is 0. The molecule has 156 valence electrons. The molecule has 0 saturated heterocycles. The van der Waals surface area contributed by atoms with E-state index in [1.165, 1.54) is 0 Å².